The third-order valence-electron chi connectivity index (χ3n) is 14.0. The average molecular weight is 753 g/mol. The summed E-state index contributed by atoms with van der Waals surface area (Å²) < 4.78 is 5.09. The van der Waals surface area contributed by atoms with Crippen LogP contribution in [-0.4, -0.2) is 21.2 Å². The highest BCUT2D eigenvalue weighted by atomic mass is 15.2. The first-order chi connectivity index (χ1) is 28.8. The van der Waals surface area contributed by atoms with E-state index in [1.54, 1.807) is 5.56 Å². The highest BCUT2D eigenvalue weighted by molar-refractivity contribution is 6.09. The average Bonchev–Trinajstić information content (AvgIpc) is 3.93. The summed E-state index contributed by atoms with van der Waals surface area (Å²) in [6, 6.07) is 65.3. The monoisotopic (exact) mass is 752 g/mol. The fourth-order valence-corrected chi connectivity index (χ4v) is 11.5. The predicted octanol–water partition coefficient (Wildman–Crippen LogP) is 14.4. The molecule has 0 radical (unpaired) electrons. The lowest BCUT2D eigenvalue weighted by molar-refractivity contribution is 0.333. The maximum atomic E-state index is 2.67. The van der Waals surface area contributed by atoms with E-state index in [0.29, 0.717) is 24.0 Å². The Labute approximate surface area is 340 Å². The number of benzene rings is 7. The molecule has 0 spiro atoms. The Morgan fingerprint density at radius 1 is 0.414 bits per heavy atom. The van der Waals surface area contributed by atoms with Gasteiger partial charge in [-0.15, -0.1) is 0 Å². The first kappa shape index (κ1) is 33.8. The van der Waals surface area contributed by atoms with Crippen LogP contribution < -0.4 is 9.80 Å². The minimum Gasteiger partial charge on any atom is -0.338 e. The Morgan fingerprint density at radius 3 is 1.50 bits per heavy atom. The molecule has 2 aliphatic carbocycles. The molecular formula is C54H48N4. The number of hydrogen-bond donors (Lipinski definition) is 0. The summed E-state index contributed by atoms with van der Waals surface area (Å²) in [5.41, 5.74) is 13.2. The zero-order chi connectivity index (χ0) is 38.2. The van der Waals surface area contributed by atoms with Crippen LogP contribution in [0.15, 0.2) is 170 Å². The molecule has 284 valence electrons. The van der Waals surface area contributed by atoms with Gasteiger partial charge in [-0.1, -0.05) is 104 Å². The van der Waals surface area contributed by atoms with Gasteiger partial charge in [-0.3, -0.25) is 0 Å². The minimum absolute atomic E-state index is 0.393. The van der Waals surface area contributed by atoms with Crippen LogP contribution in [0.5, 0.6) is 0 Å². The topological polar surface area (TPSA) is 16.3 Å². The molecule has 0 amide bonds. The van der Waals surface area contributed by atoms with E-state index in [9.17, 15) is 0 Å². The molecule has 9 aromatic rings. The van der Waals surface area contributed by atoms with Crippen molar-refractivity contribution < 1.29 is 0 Å². The number of para-hydroxylation sites is 5. The normalized spacial score (nSPS) is 20.5. The summed E-state index contributed by atoms with van der Waals surface area (Å²) in [7, 11) is 0. The molecule has 0 saturated heterocycles. The van der Waals surface area contributed by atoms with Gasteiger partial charge >= 0.3 is 0 Å². The fourth-order valence-electron chi connectivity index (χ4n) is 11.5. The zero-order valence-electron chi connectivity index (χ0n) is 32.9. The fraction of sp³-hybridized carbons (Fsp3) is 0.222. The number of hydrogen-bond acceptors (Lipinski definition) is 2. The van der Waals surface area contributed by atoms with Crippen LogP contribution in [0, 0.1) is 0 Å². The maximum Gasteiger partial charge on any atom is 0.0541 e. The Kier molecular flexibility index (Phi) is 7.99. The third kappa shape index (κ3) is 5.27. The molecule has 2 saturated carbocycles. The quantitative estimate of drug-likeness (QED) is 0.168. The zero-order valence-corrected chi connectivity index (χ0v) is 32.9. The van der Waals surface area contributed by atoms with Crippen LogP contribution in [0.25, 0.3) is 49.3 Å². The molecule has 0 bridgehead atoms. The Bertz CT molecular complexity index is 2840. The van der Waals surface area contributed by atoms with Crippen LogP contribution in [0.1, 0.15) is 68.9 Å². The summed E-state index contributed by atoms with van der Waals surface area (Å²) in [4.78, 5) is 5.34. The van der Waals surface area contributed by atoms with Crippen molar-refractivity contribution in [1.82, 2.24) is 9.13 Å². The number of rotatable bonds is 6. The van der Waals surface area contributed by atoms with Gasteiger partial charge in [0.05, 0.1) is 11.0 Å². The largest absolute Gasteiger partial charge is 0.338 e. The van der Waals surface area contributed by atoms with E-state index < -0.39 is 0 Å². The summed E-state index contributed by atoms with van der Waals surface area (Å²) in [5, 5.41) is 5.32. The molecule has 0 N–H and O–H groups in total. The smallest absolute Gasteiger partial charge is 0.0541 e. The second-order valence-electron chi connectivity index (χ2n) is 17.0. The van der Waals surface area contributed by atoms with Gasteiger partial charge in [-0.25, -0.2) is 0 Å². The Morgan fingerprint density at radius 2 is 0.897 bits per heavy atom. The van der Waals surface area contributed by atoms with Gasteiger partial charge in [0.2, 0.25) is 0 Å². The van der Waals surface area contributed by atoms with E-state index in [2.05, 4.69) is 189 Å². The lowest BCUT2D eigenvalue weighted by atomic mass is 9.82. The van der Waals surface area contributed by atoms with Gasteiger partial charge in [0.15, 0.2) is 0 Å². The van der Waals surface area contributed by atoms with Crippen LogP contribution in [-0.2, 0) is 0 Å². The van der Waals surface area contributed by atoms with Crippen molar-refractivity contribution in [1.29, 1.82) is 0 Å². The van der Waals surface area contributed by atoms with Gasteiger partial charge in [-0.2, -0.15) is 0 Å². The van der Waals surface area contributed by atoms with Crippen LogP contribution >= 0.6 is 0 Å². The lowest BCUT2D eigenvalue weighted by Crippen LogP contribution is -2.35. The summed E-state index contributed by atoms with van der Waals surface area (Å²) in [5.74, 6) is 0.638. The van der Waals surface area contributed by atoms with Crippen molar-refractivity contribution in [3.8, 4) is 5.69 Å². The Balaban J connectivity index is 0.913. The third-order valence-corrected chi connectivity index (χ3v) is 14.0. The second kappa shape index (κ2) is 13.7. The molecule has 3 heterocycles. The maximum absolute atomic E-state index is 2.67. The van der Waals surface area contributed by atoms with Crippen molar-refractivity contribution >= 4 is 66.4 Å². The van der Waals surface area contributed by atoms with Crippen molar-refractivity contribution in [3.63, 3.8) is 0 Å². The Hall–Kier alpha value is -6.26. The number of nitrogens with zero attached hydrogens (tertiary/aromatic N) is 4. The highest BCUT2D eigenvalue weighted by Gasteiger charge is 2.40. The van der Waals surface area contributed by atoms with Crippen molar-refractivity contribution in [2.75, 3.05) is 9.80 Å². The van der Waals surface area contributed by atoms with Crippen LogP contribution in [0.3, 0.4) is 0 Å². The summed E-state index contributed by atoms with van der Waals surface area (Å²) in [6.07, 6.45) is 9.78. The summed E-state index contributed by atoms with van der Waals surface area (Å²) >= 11 is 0. The number of aromatic nitrogens is 2. The van der Waals surface area contributed by atoms with Gasteiger partial charge in [0.1, 0.15) is 0 Å². The molecule has 58 heavy (non-hydrogen) atoms. The van der Waals surface area contributed by atoms with E-state index in [-0.39, 0.29) is 0 Å². The van der Waals surface area contributed by atoms with Crippen molar-refractivity contribution in [2.24, 2.45) is 0 Å². The second-order valence-corrected chi connectivity index (χ2v) is 17.0. The highest BCUT2D eigenvalue weighted by Crippen LogP contribution is 2.51. The standard InChI is InChI=1S/C54H48N4/c1-7-19-49-43(13-1)44-14-2-8-20-50(44)56(49)40-31-25-37(26-32-40)55(38-27-33-41(34-28-38)57-51-21-9-3-15-45(51)46-16-4-10-22-52(46)57)39-29-35-42(36-30-39)58-53-23-11-5-17-47(53)48-18-6-12-24-54(48)58/h1-5,7-11,13-17,19-23,25-26,29-32,35-36,38,41,48,54H,6,12,18,24,27-28,33-34H2/t38?,41?,48?,54-/m1/s1. The molecule has 2 atom stereocenters. The molecule has 1 unspecified atom stereocenters. The molecule has 1 aliphatic heterocycles. The summed E-state index contributed by atoms with van der Waals surface area (Å²) in [6.45, 7) is 0. The lowest BCUT2D eigenvalue weighted by Gasteiger charge is -2.39. The van der Waals surface area contributed by atoms with Gasteiger partial charge in [0.25, 0.3) is 0 Å². The van der Waals surface area contributed by atoms with E-state index in [1.165, 1.54) is 97.7 Å². The minimum atomic E-state index is 0.393. The van der Waals surface area contributed by atoms with Gasteiger partial charge in [-0.05, 0) is 123 Å². The van der Waals surface area contributed by atoms with E-state index in [0.717, 1.165) is 25.7 Å². The molecule has 2 aromatic heterocycles. The molecule has 12 rings (SSSR count). The van der Waals surface area contributed by atoms with Crippen molar-refractivity contribution in [3.05, 3.63) is 175 Å². The SMILES string of the molecule is c1ccc2c(c1)C1CCCC[C@H]1N2c1ccc(N(c2ccc(-n3c4ccccc4c4ccccc43)cc2)C2CCC(n3c4ccccc4c4ccccc43)CC2)cc1. The predicted molar refractivity (Wildman–Crippen MR) is 244 cm³/mol. The molecule has 4 heteroatoms. The number of fused-ring (bicyclic) bond motifs is 9. The van der Waals surface area contributed by atoms with E-state index in [4.69, 9.17) is 0 Å². The van der Waals surface area contributed by atoms with Crippen LogP contribution in [0.2, 0.25) is 0 Å². The van der Waals surface area contributed by atoms with Gasteiger partial charge in [0, 0.05) is 85.1 Å². The molecule has 4 nitrogen and oxygen atoms in total. The molecule has 2 fully saturated rings. The molecule has 7 aromatic carbocycles. The van der Waals surface area contributed by atoms with Gasteiger partial charge < -0.3 is 18.9 Å². The first-order valence-electron chi connectivity index (χ1n) is 21.6. The van der Waals surface area contributed by atoms with E-state index >= 15 is 0 Å². The number of anilines is 4. The molecular weight excluding hydrogens is 705 g/mol. The van der Waals surface area contributed by atoms with Crippen molar-refractivity contribution in [2.45, 2.75) is 75.4 Å². The van der Waals surface area contributed by atoms with E-state index in [1.807, 2.05) is 0 Å². The molecule has 3 aliphatic rings. The first-order valence-corrected chi connectivity index (χ1v) is 21.6. The van der Waals surface area contributed by atoms with Crippen LogP contribution in [0.4, 0.5) is 22.7 Å².